The van der Waals surface area contributed by atoms with Crippen molar-refractivity contribution in [3.8, 4) is 5.75 Å². The predicted octanol–water partition coefficient (Wildman–Crippen LogP) is 2.15. The van der Waals surface area contributed by atoms with E-state index in [1.165, 1.54) is 4.90 Å². The van der Waals surface area contributed by atoms with Gasteiger partial charge in [-0.1, -0.05) is 30.7 Å². The molecule has 2 aromatic rings. The van der Waals surface area contributed by atoms with Crippen molar-refractivity contribution in [2.75, 3.05) is 24.4 Å². The van der Waals surface area contributed by atoms with Crippen molar-refractivity contribution in [1.29, 1.82) is 0 Å². The van der Waals surface area contributed by atoms with Crippen LogP contribution >= 0.6 is 11.6 Å². The molecule has 1 fully saturated rings. The van der Waals surface area contributed by atoms with Crippen molar-refractivity contribution < 1.29 is 26.4 Å². The number of amides is 1. The number of nitrogens with zero attached hydrogens (tertiary/aromatic N) is 3. The number of aromatic nitrogens is 2. The lowest BCUT2D eigenvalue weighted by atomic mass is 10.1. The Morgan fingerprint density at radius 2 is 1.97 bits per heavy atom. The maximum atomic E-state index is 13.4. The minimum absolute atomic E-state index is 0.0304. The van der Waals surface area contributed by atoms with Gasteiger partial charge in [0, 0.05) is 18.8 Å². The van der Waals surface area contributed by atoms with Gasteiger partial charge < -0.3 is 9.64 Å². The summed E-state index contributed by atoms with van der Waals surface area (Å²) in [5.74, 6) is -0.181. The van der Waals surface area contributed by atoms with E-state index >= 15 is 0 Å². The summed E-state index contributed by atoms with van der Waals surface area (Å²) in [5.41, 5.74) is 0.467. The fourth-order valence-electron chi connectivity index (χ4n) is 3.31. The fraction of sp³-hybridized carbons (Fsp3) is 0.450. The molecule has 0 N–H and O–H groups in total. The fourth-order valence-corrected chi connectivity index (χ4v) is 5.72. The first-order valence-electron chi connectivity index (χ1n) is 9.96. The van der Waals surface area contributed by atoms with Gasteiger partial charge in [-0.15, -0.1) is 0 Å². The van der Waals surface area contributed by atoms with E-state index in [0.29, 0.717) is 12.4 Å². The molecule has 174 valence electrons. The van der Waals surface area contributed by atoms with Crippen LogP contribution in [-0.2, 0) is 26.2 Å². The van der Waals surface area contributed by atoms with Gasteiger partial charge >= 0.3 is 0 Å². The standard InChI is InChI=1S/C20H24ClN3O6S2/c1-3-9-30-16-6-4-14(5-7-16)12-24(15-8-10-32(28,29)13-15)19(25)18-17(21)11-22-20(23-18)31(2,26)27/h4-7,11,15H,3,8-10,12-13H2,1-2H3/t15-/m1/s1. The molecule has 32 heavy (non-hydrogen) atoms. The van der Waals surface area contributed by atoms with Gasteiger partial charge in [0.2, 0.25) is 15.0 Å². The minimum Gasteiger partial charge on any atom is -0.494 e. The Kier molecular flexibility index (Phi) is 7.41. The molecule has 1 aliphatic heterocycles. The smallest absolute Gasteiger partial charge is 0.274 e. The van der Waals surface area contributed by atoms with Gasteiger partial charge in [-0.2, -0.15) is 0 Å². The van der Waals surface area contributed by atoms with Crippen molar-refractivity contribution in [2.24, 2.45) is 0 Å². The summed E-state index contributed by atoms with van der Waals surface area (Å²) in [6, 6.07) is 6.55. The van der Waals surface area contributed by atoms with E-state index in [2.05, 4.69) is 9.97 Å². The highest BCUT2D eigenvalue weighted by Gasteiger charge is 2.36. The van der Waals surface area contributed by atoms with Gasteiger partial charge in [0.25, 0.3) is 5.91 Å². The summed E-state index contributed by atoms with van der Waals surface area (Å²) in [6.07, 6.45) is 3.12. The van der Waals surface area contributed by atoms with Crippen molar-refractivity contribution in [3.05, 3.63) is 46.7 Å². The minimum atomic E-state index is -3.77. The molecule has 1 amide bonds. The first kappa shape index (κ1) is 24.4. The Bertz CT molecular complexity index is 1200. The molecule has 0 spiro atoms. The van der Waals surface area contributed by atoms with E-state index in [1.54, 1.807) is 24.3 Å². The van der Waals surface area contributed by atoms with Crippen molar-refractivity contribution in [2.45, 2.75) is 37.5 Å². The summed E-state index contributed by atoms with van der Waals surface area (Å²) in [4.78, 5) is 22.3. The van der Waals surface area contributed by atoms with Crippen LogP contribution in [0.4, 0.5) is 0 Å². The zero-order valence-corrected chi connectivity index (χ0v) is 20.1. The molecule has 9 nitrogen and oxygen atoms in total. The third-order valence-electron chi connectivity index (χ3n) is 4.92. The van der Waals surface area contributed by atoms with E-state index in [1.807, 2.05) is 6.92 Å². The molecule has 1 saturated heterocycles. The summed E-state index contributed by atoms with van der Waals surface area (Å²) < 4.78 is 53.4. The Morgan fingerprint density at radius 3 is 2.53 bits per heavy atom. The van der Waals surface area contributed by atoms with Crippen LogP contribution in [0.2, 0.25) is 5.02 Å². The van der Waals surface area contributed by atoms with E-state index in [-0.39, 0.29) is 35.2 Å². The van der Waals surface area contributed by atoms with Crippen molar-refractivity contribution in [3.63, 3.8) is 0 Å². The third kappa shape index (κ3) is 5.96. The number of carbonyl (C=O) groups is 1. The zero-order valence-electron chi connectivity index (χ0n) is 17.7. The second-order valence-corrected chi connectivity index (χ2v) is 12.1. The number of sulfone groups is 2. The topological polar surface area (TPSA) is 124 Å². The average molecular weight is 502 g/mol. The highest BCUT2D eigenvalue weighted by Crippen LogP contribution is 2.25. The molecule has 0 unspecified atom stereocenters. The maximum Gasteiger partial charge on any atom is 0.274 e. The number of rotatable bonds is 8. The molecule has 3 rings (SSSR count). The molecule has 1 aromatic heterocycles. The van der Waals surface area contributed by atoms with E-state index in [0.717, 1.165) is 24.4 Å². The Morgan fingerprint density at radius 1 is 1.28 bits per heavy atom. The van der Waals surface area contributed by atoms with Crippen LogP contribution in [0.15, 0.2) is 35.6 Å². The summed E-state index contributed by atoms with van der Waals surface area (Å²) in [6.45, 7) is 2.68. The van der Waals surface area contributed by atoms with Gasteiger partial charge in [-0.05, 0) is 30.5 Å². The number of hydrogen-bond acceptors (Lipinski definition) is 8. The highest BCUT2D eigenvalue weighted by molar-refractivity contribution is 7.91. The van der Waals surface area contributed by atoms with Gasteiger partial charge in [-0.3, -0.25) is 4.79 Å². The number of halogens is 1. The second kappa shape index (κ2) is 9.72. The molecule has 2 heterocycles. The van der Waals surface area contributed by atoms with E-state index in [4.69, 9.17) is 16.3 Å². The Hall–Kier alpha value is -2.24. The van der Waals surface area contributed by atoms with Gasteiger partial charge in [0.1, 0.15) is 5.75 Å². The molecule has 0 saturated carbocycles. The van der Waals surface area contributed by atoms with Crippen LogP contribution in [0.3, 0.4) is 0 Å². The number of ether oxygens (including phenoxy) is 1. The number of carbonyl (C=O) groups excluding carboxylic acids is 1. The molecule has 1 atom stereocenters. The molecule has 0 aliphatic carbocycles. The molecule has 0 bridgehead atoms. The Labute approximate surface area is 192 Å². The largest absolute Gasteiger partial charge is 0.494 e. The summed E-state index contributed by atoms with van der Waals surface area (Å²) in [7, 11) is -7.05. The van der Waals surface area contributed by atoms with Crippen LogP contribution in [0.5, 0.6) is 5.75 Å². The number of hydrogen-bond donors (Lipinski definition) is 0. The van der Waals surface area contributed by atoms with E-state index < -0.39 is 36.8 Å². The van der Waals surface area contributed by atoms with Crippen LogP contribution in [0, 0.1) is 0 Å². The van der Waals surface area contributed by atoms with Crippen molar-refractivity contribution >= 4 is 37.2 Å². The molecular formula is C20H24ClN3O6S2. The van der Waals surface area contributed by atoms with Gasteiger partial charge in [-0.25, -0.2) is 26.8 Å². The first-order chi connectivity index (χ1) is 15.0. The lowest BCUT2D eigenvalue weighted by Gasteiger charge is -2.28. The molecule has 12 heteroatoms. The molecular weight excluding hydrogens is 478 g/mol. The van der Waals surface area contributed by atoms with Crippen LogP contribution in [-0.4, -0.2) is 68.0 Å². The van der Waals surface area contributed by atoms with Crippen LogP contribution < -0.4 is 4.74 Å². The summed E-state index contributed by atoms with van der Waals surface area (Å²) >= 11 is 6.12. The normalized spacial score (nSPS) is 17.8. The Balaban J connectivity index is 1.94. The molecule has 1 aliphatic rings. The second-order valence-electron chi connectivity index (χ2n) is 7.60. The van der Waals surface area contributed by atoms with E-state index in [9.17, 15) is 21.6 Å². The summed E-state index contributed by atoms with van der Waals surface area (Å²) in [5, 5.41) is -0.641. The predicted molar refractivity (Wildman–Crippen MR) is 119 cm³/mol. The molecule has 0 radical (unpaired) electrons. The quantitative estimate of drug-likeness (QED) is 0.504. The lowest BCUT2D eigenvalue weighted by molar-refractivity contribution is 0.0674. The van der Waals surface area contributed by atoms with Gasteiger partial charge in [0.05, 0.1) is 29.3 Å². The average Bonchev–Trinajstić information content (AvgIpc) is 3.09. The van der Waals surface area contributed by atoms with Crippen LogP contribution in [0.25, 0.3) is 0 Å². The SMILES string of the molecule is CCCOc1ccc(CN(C(=O)c2nc(S(C)(=O)=O)ncc2Cl)[C@@H]2CCS(=O)(=O)C2)cc1. The monoisotopic (exact) mass is 501 g/mol. The third-order valence-corrected chi connectivity index (χ3v) is 7.80. The zero-order chi connectivity index (χ0) is 23.5. The maximum absolute atomic E-state index is 13.4. The molecule has 1 aromatic carbocycles. The lowest BCUT2D eigenvalue weighted by Crippen LogP contribution is -2.41. The van der Waals surface area contributed by atoms with Crippen LogP contribution in [0.1, 0.15) is 35.8 Å². The highest BCUT2D eigenvalue weighted by atomic mass is 35.5. The first-order valence-corrected chi connectivity index (χ1v) is 14.0. The van der Waals surface area contributed by atoms with Crippen molar-refractivity contribution in [1.82, 2.24) is 14.9 Å². The van der Waals surface area contributed by atoms with Gasteiger partial charge in [0.15, 0.2) is 15.5 Å². The number of benzene rings is 1.